The summed E-state index contributed by atoms with van der Waals surface area (Å²) in [7, 11) is 0. The Hall–Kier alpha value is -1.83. The van der Waals surface area contributed by atoms with Crippen molar-refractivity contribution in [2.45, 2.75) is 38.4 Å². The van der Waals surface area contributed by atoms with Crippen LogP contribution in [0.5, 0.6) is 5.75 Å². The van der Waals surface area contributed by atoms with E-state index in [9.17, 15) is 14.7 Å². The minimum absolute atomic E-state index is 0.00359. The first-order valence-corrected chi connectivity index (χ1v) is 8.17. The van der Waals surface area contributed by atoms with Gasteiger partial charge in [0.25, 0.3) is 11.8 Å². The third kappa shape index (κ3) is 5.36. The van der Waals surface area contributed by atoms with Crippen molar-refractivity contribution in [1.82, 2.24) is 10.9 Å². The molecule has 1 saturated heterocycles. The smallest absolute Gasteiger partial charge is 0.273 e. The van der Waals surface area contributed by atoms with E-state index in [0.717, 1.165) is 25.9 Å². The highest BCUT2D eigenvalue weighted by atomic mass is 35.5. The van der Waals surface area contributed by atoms with Crippen molar-refractivity contribution in [1.29, 1.82) is 0 Å². The fraction of sp³-hybridized carbons (Fsp3) is 0.500. The van der Waals surface area contributed by atoms with E-state index in [2.05, 4.69) is 10.9 Å². The predicted octanol–water partition coefficient (Wildman–Crippen LogP) is 1.78. The second kappa shape index (κ2) is 8.86. The fourth-order valence-electron chi connectivity index (χ4n) is 2.25. The first-order valence-electron chi connectivity index (χ1n) is 7.79. The van der Waals surface area contributed by atoms with Crippen molar-refractivity contribution in [3.63, 3.8) is 0 Å². The number of phenols is 1. The van der Waals surface area contributed by atoms with Crippen molar-refractivity contribution >= 4 is 23.4 Å². The Morgan fingerprint density at radius 3 is 2.88 bits per heavy atom. The molecule has 132 valence electrons. The molecular formula is C16H21ClN2O5. The molecule has 1 aromatic carbocycles. The van der Waals surface area contributed by atoms with Gasteiger partial charge in [0.05, 0.1) is 18.3 Å². The number of phenolic OH excluding ortho intramolecular Hbond substituents is 1. The van der Waals surface area contributed by atoms with Crippen molar-refractivity contribution in [3.05, 3.63) is 28.8 Å². The molecule has 24 heavy (non-hydrogen) atoms. The highest BCUT2D eigenvalue weighted by Gasteiger charge is 2.20. The van der Waals surface area contributed by atoms with Gasteiger partial charge in [0.1, 0.15) is 11.9 Å². The largest absolute Gasteiger partial charge is 0.507 e. The van der Waals surface area contributed by atoms with Gasteiger partial charge < -0.3 is 14.6 Å². The maximum atomic E-state index is 11.9. The highest BCUT2D eigenvalue weighted by molar-refractivity contribution is 6.30. The van der Waals surface area contributed by atoms with Crippen LogP contribution >= 0.6 is 11.6 Å². The maximum absolute atomic E-state index is 11.9. The number of rotatable bonds is 5. The molecule has 0 bridgehead atoms. The number of hydrogen-bond acceptors (Lipinski definition) is 5. The summed E-state index contributed by atoms with van der Waals surface area (Å²) in [4.78, 5) is 23.8. The molecule has 8 heteroatoms. The van der Waals surface area contributed by atoms with Crippen LogP contribution in [0.3, 0.4) is 0 Å². The van der Waals surface area contributed by atoms with Crippen LogP contribution in [0, 0.1) is 0 Å². The number of benzene rings is 1. The average molecular weight is 357 g/mol. The van der Waals surface area contributed by atoms with E-state index in [-0.39, 0.29) is 17.4 Å². The van der Waals surface area contributed by atoms with Crippen LogP contribution in [0.2, 0.25) is 5.02 Å². The minimum Gasteiger partial charge on any atom is -0.507 e. The van der Waals surface area contributed by atoms with Crippen LogP contribution in [0.1, 0.15) is 36.5 Å². The predicted molar refractivity (Wildman–Crippen MR) is 87.7 cm³/mol. The molecule has 2 amide bonds. The molecule has 2 rings (SSSR count). The molecule has 1 aliphatic heterocycles. The second-order valence-electron chi connectivity index (χ2n) is 5.57. The van der Waals surface area contributed by atoms with Gasteiger partial charge in [-0.15, -0.1) is 0 Å². The Morgan fingerprint density at radius 2 is 2.21 bits per heavy atom. The highest BCUT2D eigenvalue weighted by Crippen LogP contribution is 2.21. The zero-order chi connectivity index (χ0) is 17.5. The number of ether oxygens (including phenoxy) is 2. The first kappa shape index (κ1) is 18.5. The molecular weight excluding hydrogens is 336 g/mol. The zero-order valence-electron chi connectivity index (χ0n) is 13.4. The Bertz CT molecular complexity index is 590. The fourth-order valence-corrected chi connectivity index (χ4v) is 2.42. The van der Waals surface area contributed by atoms with Crippen LogP contribution in [0.4, 0.5) is 0 Å². The van der Waals surface area contributed by atoms with Gasteiger partial charge in [-0.2, -0.15) is 0 Å². The monoisotopic (exact) mass is 356 g/mol. The number of hydrazine groups is 1. The Labute approximate surface area is 145 Å². The van der Waals surface area contributed by atoms with E-state index in [1.54, 1.807) is 6.92 Å². The van der Waals surface area contributed by atoms with E-state index >= 15 is 0 Å². The molecule has 0 aromatic heterocycles. The molecule has 0 spiro atoms. The van der Waals surface area contributed by atoms with Crippen molar-refractivity contribution in [2.24, 2.45) is 0 Å². The zero-order valence-corrected chi connectivity index (χ0v) is 14.1. The van der Waals surface area contributed by atoms with E-state index in [1.165, 1.54) is 18.2 Å². The topological polar surface area (TPSA) is 96.9 Å². The molecule has 1 fully saturated rings. The van der Waals surface area contributed by atoms with Gasteiger partial charge in [-0.25, -0.2) is 0 Å². The summed E-state index contributed by atoms with van der Waals surface area (Å²) in [5, 5.41) is 9.97. The summed E-state index contributed by atoms with van der Waals surface area (Å²) >= 11 is 5.70. The van der Waals surface area contributed by atoms with Crippen LogP contribution in [-0.2, 0) is 14.3 Å². The number of amides is 2. The van der Waals surface area contributed by atoms with E-state index in [4.69, 9.17) is 21.1 Å². The van der Waals surface area contributed by atoms with Gasteiger partial charge in [-0.1, -0.05) is 11.6 Å². The Kier molecular flexibility index (Phi) is 6.84. The lowest BCUT2D eigenvalue weighted by atomic mass is 10.1. The minimum atomic E-state index is -0.741. The van der Waals surface area contributed by atoms with E-state index < -0.39 is 17.9 Å². The molecule has 2 atom stereocenters. The summed E-state index contributed by atoms with van der Waals surface area (Å²) in [5.41, 5.74) is 4.49. The lowest BCUT2D eigenvalue weighted by molar-refractivity contribution is -0.136. The molecule has 7 nitrogen and oxygen atoms in total. The van der Waals surface area contributed by atoms with Crippen LogP contribution < -0.4 is 10.9 Å². The second-order valence-corrected chi connectivity index (χ2v) is 6.01. The van der Waals surface area contributed by atoms with Gasteiger partial charge in [0.2, 0.25) is 0 Å². The van der Waals surface area contributed by atoms with Crippen molar-refractivity contribution < 1.29 is 24.2 Å². The molecule has 0 radical (unpaired) electrons. The van der Waals surface area contributed by atoms with E-state index in [1.807, 2.05) is 0 Å². The number of aromatic hydroxyl groups is 1. The molecule has 0 saturated carbocycles. The van der Waals surface area contributed by atoms with E-state index in [0.29, 0.717) is 11.6 Å². The van der Waals surface area contributed by atoms with Crippen molar-refractivity contribution in [3.8, 4) is 5.75 Å². The lowest BCUT2D eigenvalue weighted by Crippen LogP contribution is -2.46. The van der Waals surface area contributed by atoms with Gasteiger partial charge >= 0.3 is 0 Å². The summed E-state index contributed by atoms with van der Waals surface area (Å²) in [6.45, 7) is 2.64. The van der Waals surface area contributed by atoms with Crippen molar-refractivity contribution in [2.75, 3.05) is 13.2 Å². The summed E-state index contributed by atoms with van der Waals surface area (Å²) in [6.07, 6.45) is 2.33. The number of hydrogen-bond donors (Lipinski definition) is 3. The molecule has 2 unspecified atom stereocenters. The quantitative estimate of drug-likeness (QED) is 0.699. The van der Waals surface area contributed by atoms with Gasteiger partial charge in [-0.3, -0.25) is 20.4 Å². The average Bonchev–Trinajstić information content (AvgIpc) is 2.58. The number of carbonyl (C=O) groups excluding carboxylic acids is 2. The SMILES string of the molecule is CC(OCC1CCCCO1)C(=O)NNC(=O)c1ccc(Cl)cc1O. The Morgan fingerprint density at radius 1 is 1.42 bits per heavy atom. The lowest BCUT2D eigenvalue weighted by Gasteiger charge is -2.23. The molecule has 1 aliphatic rings. The molecule has 0 aliphatic carbocycles. The molecule has 3 N–H and O–H groups in total. The standard InChI is InChI=1S/C16H21ClN2O5/c1-10(24-9-12-4-2-3-7-23-12)15(21)18-19-16(22)13-6-5-11(17)8-14(13)20/h5-6,8,10,12,20H,2-4,7,9H2,1H3,(H,18,21)(H,19,22). The Balaban J connectivity index is 1.75. The summed E-state index contributed by atoms with van der Waals surface area (Å²) < 4.78 is 11.0. The normalized spacial score (nSPS) is 18.7. The summed E-state index contributed by atoms with van der Waals surface area (Å²) in [5.74, 6) is -1.42. The number of halogens is 1. The first-order chi connectivity index (χ1) is 11.5. The molecule has 1 aromatic rings. The van der Waals surface area contributed by atoms with Gasteiger partial charge in [-0.05, 0) is 44.4 Å². The number of carbonyl (C=O) groups is 2. The summed E-state index contributed by atoms with van der Waals surface area (Å²) in [6, 6.07) is 4.07. The van der Waals surface area contributed by atoms with Gasteiger partial charge in [0, 0.05) is 11.6 Å². The van der Waals surface area contributed by atoms with Crippen LogP contribution in [0.15, 0.2) is 18.2 Å². The number of nitrogens with one attached hydrogen (secondary N) is 2. The van der Waals surface area contributed by atoms with Gasteiger partial charge in [0.15, 0.2) is 0 Å². The van der Waals surface area contributed by atoms with Crippen LogP contribution in [-0.4, -0.2) is 42.3 Å². The maximum Gasteiger partial charge on any atom is 0.273 e. The third-order valence-corrected chi connectivity index (χ3v) is 3.91. The van der Waals surface area contributed by atoms with Crippen LogP contribution in [0.25, 0.3) is 0 Å². The molecule has 1 heterocycles. The third-order valence-electron chi connectivity index (χ3n) is 3.68.